The van der Waals surface area contributed by atoms with Crippen LogP contribution in [0.4, 0.5) is 4.39 Å². The van der Waals surface area contributed by atoms with Crippen LogP contribution < -0.4 is 5.32 Å². The van der Waals surface area contributed by atoms with E-state index in [1.165, 1.54) is 0 Å². The number of halogens is 1. The molecule has 0 saturated heterocycles. The fourth-order valence-electron chi connectivity index (χ4n) is 0.877. The zero-order chi connectivity index (χ0) is 9.40. The van der Waals surface area contributed by atoms with E-state index in [-0.39, 0.29) is 5.92 Å². The molecule has 0 aliphatic carbocycles. The van der Waals surface area contributed by atoms with Crippen LogP contribution in [0.5, 0.6) is 0 Å². The van der Waals surface area contributed by atoms with Crippen molar-refractivity contribution in [3.05, 3.63) is 12.2 Å². The van der Waals surface area contributed by atoms with Crippen molar-refractivity contribution < 1.29 is 4.39 Å². The first-order valence-corrected chi connectivity index (χ1v) is 4.64. The molecule has 1 nitrogen and oxygen atoms in total. The van der Waals surface area contributed by atoms with E-state index in [1.807, 2.05) is 32.9 Å². The summed E-state index contributed by atoms with van der Waals surface area (Å²) in [5.74, 6) is 0.147. The number of alkyl halides is 1. The van der Waals surface area contributed by atoms with Crippen LogP contribution in [0.15, 0.2) is 12.2 Å². The minimum Gasteiger partial charge on any atom is -0.313 e. The summed E-state index contributed by atoms with van der Waals surface area (Å²) in [5.41, 5.74) is 0. The van der Waals surface area contributed by atoms with Gasteiger partial charge in [0.15, 0.2) is 0 Å². The second-order valence-corrected chi connectivity index (χ2v) is 3.32. The molecule has 0 aromatic carbocycles. The lowest BCUT2D eigenvalue weighted by atomic mass is 10.1. The molecule has 12 heavy (non-hydrogen) atoms. The van der Waals surface area contributed by atoms with E-state index in [2.05, 4.69) is 5.32 Å². The molecule has 0 aliphatic rings. The molecule has 0 fully saturated rings. The molecular weight excluding hydrogens is 153 g/mol. The van der Waals surface area contributed by atoms with Gasteiger partial charge in [-0.15, -0.1) is 0 Å². The maximum Gasteiger partial charge on any atom is 0.104 e. The fraction of sp³-hybridized carbons (Fsp3) is 0.800. The minimum atomic E-state index is -0.664. The molecule has 0 rings (SSSR count). The molecule has 0 spiro atoms. The van der Waals surface area contributed by atoms with Crippen molar-refractivity contribution in [2.45, 2.75) is 33.4 Å². The Hall–Kier alpha value is -0.370. The Labute approximate surface area is 75.0 Å². The van der Waals surface area contributed by atoms with Crippen molar-refractivity contribution in [2.75, 3.05) is 13.1 Å². The predicted molar refractivity (Wildman–Crippen MR) is 52.0 cm³/mol. The van der Waals surface area contributed by atoms with Crippen LogP contribution in [0, 0.1) is 5.92 Å². The van der Waals surface area contributed by atoms with Crippen molar-refractivity contribution in [2.24, 2.45) is 5.92 Å². The highest BCUT2D eigenvalue weighted by atomic mass is 19.1. The summed E-state index contributed by atoms with van der Waals surface area (Å²) >= 11 is 0. The molecule has 0 aliphatic heterocycles. The van der Waals surface area contributed by atoms with Gasteiger partial charge in [0.25, 0.3) is 0 Å². The van der Waals surface area contributed by atoms with Crippen LogP contribution >= 0.6 is 0 Å². The Morgan fingerprint density at radius 1 is 1.42 bits per heavy atom. The summed E-state index contributed by atoms with van der Waals surface area (Å²) in [4.78, 5) is 0. The summed E-state index contributed by atoms with van der Waals surface area (Å²) < 4.78 is 13.0. The van der Waals surface area contributed by atoms with E-state index in [0.29, 0.717) is 6.42 Å². The molecule has 0 bridgehead atoms. The second kappa shape index (κ2) is 7.29. The van der Waals surface area contributed by atoms with E-state index < -0.39 is 6.17 Å². The van der Waals surface area contributed by atoms with E-state index in [0.717, 1.165) is 13.1 Å². The van der Waals surface area contributed by atoms with Crippen molar-refractivity contribution >= 4 is 0 Å². The van der Waals surface area contributed by atoms with Crippen LogP contribution in [-0.2, 0) is 0 Å². The number of rotatable bonds is 6. The third-order valence-corrected chi connectivity index (χ3v) is 1.82. The molecule has 1 atom stereocenters. The molecular formula is C10H20FN. The molecule has 0 aromatic rings. The summed E-state index contributed by atoms with van der Waals surface area (Å²) in [6.07, 6.45) is 3.98. The molecule has 0 amide bonds. The lowest BCUT2D eigenvalue weighted by molar-refractivity contribution is 0.239. The molecule has 0 saturated carbocycles. The Morgan fingerprint density at radius 2 is 2.08 bits per heavy atom. The minimum absolute atomic E-state index is 0.147. The Bertz CT molecular complexity index is 121. The zero-order valence-electron chi connectivity index (χ0n) is 8.31. The zero-order valence-corrected chi connectivity index (χ0v) is 8.31. The van der Waals surface area contributed by atoms with Crippen LogP contribution in [0.25, 0.3) is 0 Å². The average Bonchev–Trinajstić information content (AvgIpc) is 2.03. The second-order valence-electron chi connectivity index (χ2n) is 3.32. The summed E-state index contributed by atoms with van der Waals surface area (Å²) in [7, 11) is 0. The van der Waals surface area contributed by atoms with Crippen LogP contribution in [0.1, 0.15) is 27.2 Å². The lowest BCUT2D eigenvalue weighted by Crippen LogP contribution is -2.21. The van der Waals surface area contributed by atoms with Gasteiger partial charge in [-0.2, -0.15) is 0 Å². The van der Waals surface area contributed by atoms with Gasteiger partial charge in [0.1, 0.15) is 6.17 Å². The lowest BCUT2D eigenvalue weighted by Gasteiger charge is -2.11. The van der Waals surface area contributed by atoms with Gasteiger partial charge in [0.2, 0.25) is 0 Å². The molecule has 1 N–H and O–H groups in total. The Morgan fingerprint density at radius 3 is 2.58 bits per heavy atom. The number of hydrogen-bond donors (Lipinski definition) is 1. The summed E-state index contributed by atoms with van der Waals surface area (Å²) in [6.45, 7) is 7.42. The quantitative estimate of drug-likeness (QED) is 0.481. The van der Waals surface area contributed by atoms with Crippen molar-refractivity contribution in [3.63, 3.8) is 0 Å². The highest BCUT2D eigenvalue weighted by molar-refractivity contribution is 4.79. The normalized spacial score (nSPS) is 14.4. The first-order chi connectivity index (χ1) is 5.68. The number of nitrogens with one attached hydrogen (secondary N) is 1. The molecule has 2 heteroatoms. The topological polar surface area (TPSA) is 12.0 Å². The van der Waals surface area contributed by atoms with E-state index in [1.54, 1.807) is 0 Å². The van der Waals surface area contributed by atoms with Gasteiger partial charge in [0.05, 0.1) is 0 Å². The highest BCUT2D eigenvalue weighted by Crippen LogP contribution is 2.08. The van der Waals surface area contributed by atoms with Crippen molar-refractivity contribution in [3.8, 4) is 0 Å². The first kappa shape index (κ1) is 11.6. The Kier molecular flexibility index (Phi) is 7.06. The molecule has 1 unspecified atom stereocenters. The average molecular weight is 173 g/mol. The molecule has 72 valence electrons. The Balaban J connectivity index is 3.19. The van der Waals surface area contributed by atoms with Gasteiger partial charge in [-0.3, -0.25) is 0 Å². The van der Waals surface area contributed by atoms with E-state index >= 15 is 0 Å². The SMILES string of the molecule is C/C=C/CNCCC(F)C(C)C. The van der Waals surface area contributed by atoms with Crippen LogP contribution in [-0.4, -0.2) is 19.3 Å². The van der Waals surface area contributed by atoms with Crippen molar-refractivity contribution in [1.82, 2.24) is 5.32 Å². The maximum absolute atomic E-state index is 13.0. The summed E-state index contributed by atoms with van der Waals surface area (Å²) in [6, 6.07) is 0. The van der Waals surface area contributed by atoms with Crippen LogP contribution in [0.3, 0.4) is 0 Å². The van der Waals surface area contributed by atoms with Crippen molar-refractivity contribution in [1.29, 1.82) is 0 Å². The summed E-state index contributed by atoms with van der Waals surface area (Å²) in [5, 5.41) is 3.15. The van der Waals surface area contributed by atoms with Gasteiger partial charge < -0.3 is 5.32 Å². The van der Waals surface area contributed by atoms with Gasteiger partial charge in [0, 0.05) is 6.54 Å². The maximum atomic E-state index is 13.0. The molecule has 0 heterocycles. The molecule has 0 radical (unpaired) electrons. The standard InChI is InChI=1S/C10H20FN/c1-4-5-7-12-8-6-10(11)9(2)3/h4-5,9-10,12H,6-8H2,1-3H3/b5-4+. The predicted octanol–water partition coefficient (Wildman–Crippen LogP) is 2.54. The van der Waals surface area contributed by atoms with E-state index in [9.17, 15) is 4.39 Å². The monoisotopic (exact) mass is 173 g/mol. The smallest absolute Gasteiger partial charge is 0.104 e. The largest absolute Gasteiger partial charge is 0.313 e. The van der Waals surface area contributed by atoms with Crippen LogP contribution in [0.2, 0.25) is 0 Å². The number of allylic oxidation sites excluding steroid dienone is 1. The number of hydrogen-bond acceptors (Lipinski definition) is 1. The highest BCUT2D eigenvalue weighted by Gasteiger charge is 2.09. The third kappa shape index (κ3) is 6.35. The van der Waals surface area contributed by atoms with Gasteiger partial charge in [-0.05, 0) is 25.8 Å². The third-order valence-electron chi connectivity index (χ3n) is 1.82. The molecule has 0 aromatic heterocycles. The first-order valence-electron chi connectivity index (χ1n) is 4.64. The van der Waals surface area contributed by atoms with E-state index in [4.69, 9.17) is 0 Å². The van der Waals surface area contributed by atoms with Gasteiger partial charge >= 0.3 is 0 Å². The van der Waals surface area contributed by atoms with Gasteiger partial charge in [-0.1, -0.05) is 26.0 Å². The van der Waals surface area contributed by atoms with Gasteiger partial charge in [-0.25, -0.2) is 4.39 Å². The fourth-order valence-corrected chi connectivity index (χ4v) is 0.877.